The fourth-order valence-corrected chi connectivity index (χ4v) is 1.78. The summed E-state index contributed by atoms with van der Waals surface area (Å²) in [6.07, 6.45) is 0.104. The zero-order valence-corrected chi connectivity index (χ0v) is 13.0. The zero-order valence-electron chi connectivity index (χ0n) is 12.2. The van der Waals surface area contributed by atoms with Crippen molar-refractivity contribution in [2.24, 2.45) is 5.73 Å². The van der Waals surface area contributed by atoms with Crippen LogP contribution >= 0.6 is 12.2 Å². The molecule has 0 saturated heterocycles. The summed E-state index contributed by atoms with van der Waals surface area (Å²) in [5, 5.41) is 5.33. The molecular weight excluding hydrogens is 296 g/mol. The van der Waals surface area contributed by atoms with E-state index in [0.717, 1.165) is 12.1 Å². The first-order valence-corrected chi connectivity index (χ1v) is 6.84. The van der Waals surface area contributed by atoms with Crippen LogP contribution in [0.5, 0.6) is 0 Å². The van der Waals surface area contributed by atoms with Crippen molar-refractivity contribution in [1.29, 1.82) is 0 Å². The van der Waals surface area contributed by atoms with E-state index in [4.69, 9.17) is 5.73 Å². The largest absolute Gasteiger partial charge is 0.389 e. The van der Waals surface area contributed by atoms with Gasteiger partial charge in [0, 0.05) is 24.1 Å². The maximum absolute atomic E-state index is 13.7. The molecule has 0 saturated carbocycles. The number of carbonyl (C=O) groups is 1. The molecule has 0 aliphatic carbocycles. The van der Waals surface area contributed by atoms with Gasteiger partial charge in [-0.05, 0) is 32.9 Å². The minimum atomic E-state index is -0.797. The van der Waals surface area contributed by atoms with Gasteiger partial charge in [0.2, 0.25) is 5.91 Å². The van der Waals surface area contributed by atoms with Gasteiger partial charge in [-0.15, -0.1) is 0 Å². The molecular formula is C14H19F2N3OS. The van der Waals surface area contributed by atoms with E-state index in [2.05, 4.69) is 22.9 Å². The minimum absolute atomic E-state index is 0.0797. The van der Waals surface area contributed by atoms with Crippen molar-refractivity contribution in [3.8, 4) is 0 Å². The lowest BCUT2D eigenvalue weighted by molar-refractivity contribution is -0.122. The second-order valence-corrected chi connectivity index (χ2v) is 6.09. The lowest BCUT2D eigenvalue weighted by atomic mass is 10.1. The SMILES string of the molecule is CC(C)(C)NC(=O)CCNc1c(F)cc(C(N)=S)cc1F. The monoisotopic (exact) mass is 315 g/mol. The van der Waals surface area contributed by atoms with Gasteiger partial charge >= 0.3 is 0 Å². The number of benzene rings is 1. The van der Waals surface area contributed by atoms with Gasteiger partial charge in [-0.1, -0.05) is 12.2 Å². The van der Waals surface area contributed by atoms with Crippen molar-refractivity contribution in [3.05, 3.63) is 29.3 Å². The highest BCUT2D eigenvalue weighted by molar-refractivity contribution is 7.80. The summed E-state index contributed by atoms with van der Waals surface area (Å²) in [7, 11) is 0. The molecule has 1 aromatic carbocycles. The average molecular weight is 315 g/mol. The van der Waals surface area contributed by atoms with E-state index in [-0.39, 0.29) is 40.7 Å². The Kier molecular flexibility index (Phi) is 5.60. The molecule has 1 amide bonds. The number of nitrogens with one attached hydrogen (secondary N) is 2. The third-order valence-electron chi connectivity index (χ3n) is 2.49. The smallest absolute Gasteiger partial charge is 0.222 e. The van der Waals surface area contributed by atoms with E-state index in [0.29, 0.717) is 0 Å². The van der Waals surface area contributed by atoms with E-state index in [9.17, 15) is 13.6 Å². The summed E-state index contributed by atoms with van der Waals surface area (Å²) in [5.41, 5.74) is 4.81. The molecule has 0 fully saturated rings. The molecule has 21 heavy (non-hydrogen) atoms. The molecule has 0 aromatic heterocycles. The predicted molar refractivity (Wildman–Crippen MR) is 83.2 cm³/mol. The summed E-state index contributed by atoms with van der Waals surface area (Å²) in [5.74, 6) is -1.79. The molecule has 0 spiro atoms. The molecule has 1 rings (SSSR count). The van der Waals surface area contributed by atoms with E-state index in [1.54, 1.807) is 0 Å². The number of rotatable bonds is 5. The maximum Gasteiger partial charge on any atom is 0.222 e. The standard InChI is InChI=1S/C14H19F2N3OS/c1-14(2,3)19-11(20)4-5-18-12-9(15)6-8(13(17)21)7-10(12)16/h6-7,18H,4-5H2,1-3H3,(H2,17,21)(H,19,20). The van der Waals surface area contributed by atoms with Gasteiger partial charge in [-0.3, -0.25) is 4.79 Å². The normalized spacial score (nSPS) is 11.1. The number of carbonyl (C=O) groups excluding carboxylic acids is 1. The van der Waals surface area contributed by atoms with Crippen molar-refractivity contribution in [2.75, 3.05) is 11.9 Å². The first-order chi connectivity index (χ1) is 9.60. The van der Waals surface area contributed by atoms with Crippen LogP contribution in [0.15, 0.2) is 12.1 Å². The third kappa shape index (κ3) is 5.63. The van der Waals surface area contributed by atoms with Gasteiger partial charge in [0.15, 0.2) is 0 Å². The number of amides is 1. The Balaban J connectivity index is 2.64. The highest BCUT2D eigenvalue weighted by Crippen LogP contribution is 2.20. The number of anilines is 1. The Hall–Kier alpha value is -1.76. The van der Waals surface area contributed by atoms with Crippen LogP contribution in [0.4, 0.5) is 14.5 Å². The fourth-order valence-electron chi connectivity index (χ4n) is 1.67. The minimum Gasteiger partial charge on any atom is -0.389 e. The van der Waals surface area contributed by atoms with Crippen LogP contribution in [-0.4, -0.2) is 23.0 Å². The highest BCUT2D eigenvalue weighted by atomic mass is 32.1. The Labute approximate surface area is 128 Å². The van der Waals surface area contributed by atoms with Crippen LogP contribution in [0.1, 0.15) is 32.8 Å². The average Bonchev–Trinajstić information content (AvgIpc) is 2.29. The molecule has 1 aromatic rings. The lowest BCUT2D eigenvalue weighted by Crippen LogP contribution is -2.41. The van der Waals surface area contributed by atoms with Gasteiger partial charge in [0.25, 0.3) is 0 Å². The fraction of sp³-hybridized carbons (Fsp3) is 0.429. The van der Waals surface area contributed by atoms with E-state index in [1.807, 2.05) is 20.8 Å². The van der Waals surface area contributed by atoms with Gasteiger partial charge in [-0.2, -0.15) is 0 Å². The van der Waals surface area contributed by atoms with Crippen molar-refractivity contribution >= 4 is 28.8 Å². The van der Waals surface area contributed by atoms with Crippen LogP contribution in [0.3, 0.4) is 0 Å². The highest BCUT2D eigenvalue weighted by Gasteiger charge is 2.15. The maximum atomic E-state index is 13.7. The van der Waals surface area contributed by atoms with Crippen molar-refractivity contribution < 1.29 is 13.6 Å². The molecule has 0 aliphatic heterocycles. The summed E-state index contributed by atoms with van der Waals surface area (Å²) in [6.45, 7) is 5.67. The Morgan fingerprint density at radius 3 is 2.24 bits per heavy atom. The van der Waals surface area contributed by atoms with E-state index in [1.165, 1.54) is 0 Å². The molecule has 116 valence electrons. The van der Waals surface area contributed by atoms with Crippen LogP contribution in [0.2, 0.25) is 0 Å². The summed E-state index contributed by atoms with van der Waals surface area (Å²) in [4.78, 5) is 11.5. The number of halogens is 2. The molecule has 0 heterocycles. The first-order valence-electron chi connectivity index (χ1n) is 6.44. The van der Waals surface area contributed by atoms with Gasteiger partial charge in [0.05, 0.1) is 0 Å². The van der Waals surface area contributed by atoms with Crippen LogP contribution in [0.25, 0.3) is 0 Å². The molecule has 4 nitrogen and oxygen atoms in total. The Morgan fingerprint density at radius 1 is 1.29 bits per heavy atom. The molecule has 0 aliphatic rings. The Morgan fingerprint density at radius 2 is 1.81 bits per heavy atom. The van der Waals surface area contributed by atoms with Crippen LogP contribution < -0.4 is 16.4 Å². The molecule has 0 atom stereocenters. The summed E-state index contributed by atoms with van der Waals surface area (Å²) >= 11 is 4.67. The van der Waals surface area contributed by atoms with E-state index >= 15 is 0 Å². The molecule has 0 bridgehead atoms. The van der Waals surface area contributed by atoms with Gasteiger partial charge < -0.3 is 16.4 Å². The number of hydrogen-bond acceptors (Lipinski definition) is 3. The zero-order chi connectivity index (χ0) is 16.2. The number of thiocarbonyl (C=S) groups is 1. The summed E-state index contributed by atoms with van der Waals surface area (Å²) in [6, 6.07) is 2.12. The number of hydrogen-bond donors (Lipinski definition) is 3. The topological polar surface area (TPSA) is 67.2 Å². The van der Waals surface area contributed by atoms with Crippen molar-refractivity contribution in [2.45, 2.75) is 32.7 Å². The number of nitrogens with two attached hydrogens (primary N) is 1. The van der Waals surface area contributed by atoms with E-state index < -0.39 is 11.6 Å². The molecule has 4 N–H and O–H groups in total. The van der Waals surface area contributed by atoms with Crippen LogP contribution in [0, 0.1) is 11.6 Å². The first kappa shape index (κ1) is 17.3. The van der Waals surface area contributed by atoms with Gasteiger partial charge in [-0.25, -0.2) is 8.78 Å². The van der Waals surface area contributed by atoms with Crippen molar-refractivity contribution in [1.82, 2.24) is 5.32 Å². The van der Waals surface area contributed by atoms with Crippen LogP contribution in [-0.2, 0) is 4.79 Å². The summed E-state index contributed by atoms with van der Waals surface area (Å²) < 4.78 is 27.5. The van der Waals surface area contributed by atoms with Crippen molar-refractivity contribution in [3.63, 3.8) is 0 Å². The lowest BCUT2D eigenvalue weighted by Gasteiger charge is -2.20. The molecule has 0 radical (unpaired) electrons. The third-order valence-corrected chi connectivity index (χ3v) is 2.73. The Bertz CT molecular complexity index is 533. The molecule has 0 unspecified atom stereocenters. The second-order valence-electron chi connectivity index (χ2n) is 5.65. The predicted octanol–water partition coefficient (Wildman–Crippen LogP) is 2.32. The quantitative estimate of drug-likeness (QED) is 0.730. The molecule has 7 heteroatoms. The second kappa shape index (κ2) is 6.80. The van der Waals surface area contributed by atoms with Gasteiger partial charge in [0.1, 0.15) is 22.3 Å².